The van der Waals surface area contributed by atoms with Crippen LogP contribution in [0.25, 0.3) is 0 Å². The third kappa shape index (κ3) is 11.2. The van der Waals surface area contributed by atoms with Crippen molar-refractivity contribution in [2.45, 2.75) is 134 Å². The van der Waals surface area contributed by atoms with Crippen molar-refractivity contribution in [2.75, 3.05) is 12.4 Å². The van der Waals surface area contributed by atoms with Gasteiger partial charge in [-0.15, -0.1) is 0 Å². The van der Waals surface area contributed by atoms with E-state index in [9.17, 15) is 8.42 Å². The lowest BCUT2D eigenvalue weighted by molar-refractivity contribution is 0.163. The molecule has 1 rings (SSSR count). The monoisotopic (exact) mass is 542 g/mol. The number of sulfone groups is 1. The van der Waals surface area contributed by atoms with Gasteiger partial charge in [0, 0.05) is 12.7 Å². The van der Waals surface area contributed by atoms with Gasteiger partial charge in [-0.3, -0.25) is 0 Å². The van der Waals surface area contributed by atoms with E-state index in [1.165, 1.54) is 12.8 Å². The lowest BCUT2D eigenvalue weighted by Crippen LogP contribution is -2.44. The highest BCUT2D eigenvalue weighted by molar-refractivity contribution is 7.91. The van der Waals surface area contributed by atoms with E-state index in [0.29, 0.717) is 11.3 Å². The SMILES string of the molecule is CC(C)(C)[Si](C)(C)OCCCCCCC[C@H](CCS(=O)(=O)c1ccccc1)O[Si](C)(C)C(C)(C)C. The van der Waals surface area contributed by atoms with Crippen LogP contribution in [-0.2, 0) is 18.7 Å². The van der Waals surface area contributed by atoms with Gasteiger partial charge in [0.2, 0.25) is 0 Å². The van der Waals surface area contributed by atoms with Crippen molar-refractivity contribution in [2.24, 2.45) is 0 Å². The van der Waals surface area contributed by atoms with E-state index < -0.39 is 26.5 Å². The Kier molecular flexibility index (Phi) is 12.4. The van der Waals surface area contributed by atoms with Crippen molar-refractivity contribution in [3.63, 3.8) is 0 Å². The van der Waals surface area contributed by atoms with E-state index >= 15 is 0 Å². The molecule has 0 aliphatic rings. The molecule has 0 bridgehead atoms. The standard InChI is InChI=1S/C28H54O4SSi2/c1-27(2,3)34(7,8)31-23-18-13-11-12-15-19-25(32-35(9,10)28(4,5)6)22-24-33(29,30)26-20-16-14-17-21-26/h14,16-17,20-21,25H,11-13,15,18-19,22-24H2,1-10H3/t25-/m1/s1. The van der Waals surface area contributed by atoms with Gasteiger partial charge in [0.05, 0.1) is 10.6 Å². The van der Waals surface area contributed by atoms with Gasteiger partial charge in [0.25, 0.3) is 0 Å². The Bertz CT molecular complexity index is 838. The zero-order valence-electron chi connectivity index (χ0n) is 24.4. The van der Waals surface area contributed by atoms with Gasteiger partial charge in [-0.05, 0) is 67.7 Å². The van der Waals surface area contributed by atoms with Gasteiger partial charge in [-0.25, -0.2) is 8.42 Å². The van der Waals surface area contributed by atoms with Crippen molar-refractivity contribution in [3.05, 3.63) is 30.3 Å². The minimum absolute atomic E-state index is 0.00343. The molecule has 0 unspecified atom stereocenters. The lowest BCUT2D eigenvalue weighted by Gasteiger charge is -2.39. The minimum atomic E-state index is -3.29. The number of benzene rings is 1. The highest BCUT2D eigenvalue weighted by Crippen LogP contribution is 2.38. The summed E-state index contributed by atoms with van der Waals surface area (Å²) in [6, 6.07) is 8.80. The fourth-order valence-corrected chi connectivity index (χ4v) is 7.33. The van der Waals surface area contributed by atoms with Crippen LogP contribution in [0.5, 0.6) is 0 Å². The Morgan fingerprint density at radius 2 is 1.26 bits per heavy atom. The maximum Gasteiger partial charge on any atom is 0.192 e. The summed E-state index contributed by atoms with van der Waals surface area (Å²) in [5, 5.41) is 0.369. The maximum atomic E-state index is 12.9. The molecule has 0 N–H and O–H groups in total. The van der Waals surface area contributed by atoms with E-state index in [-0.39, 0.29) is 21.9 Å². The van der Waals surface area contributed by atoms with Crippen molar-refractivity contribution in [3.8, 4) is 0 Å². The number of hydrogen-bond donors (Lipinski definition) is 0. The van der Waals surface area contributed by atoms with Gasteiger partial charge in [-0.2, -0.15) is 0 Å². The first-order chi connectivity index (χ1) is 15.9. The highest BCUT2D eigenvalue weighted by atomic mass is 32.2. The predicted octanol–water partition coefficient (Wildman–Crippen LogP) is 8.60. The fourth-order valence-electron chi connectivity index (χ4n) is 3.44. The van der Waals surface area contributed by atoms with Crippen LogP contribution in [0.15, 0.2) is 35.2 Å². The average Bonchev–Trinajstić information content (AvgIpc) is 2.72. The third-order valence-electron chi connectivity index (χ3n) is 8.02. The number of hydrogen-bond acceptors (Lipinski definition) is 4. The Balaban J connectivity index is 2.56. The molecular formula is C28H54O4SSi2. The van der Waals surface area contributed by atoms with Crippen LogP contribution in [-0.4, -0.2) is 43.5 Å². The second-order valence-electron chi connectivity index (χ2n) is 13.1. The Labute approximate surface area is 219 Å². The van der Waals surface area contributed by atoms with Gasteiger partial charge in [0.15, 0.2) is 26.5 Å². The first kappa shape index (κ1) is 32.6. The minimum Gasteiger partial charge on any atom is -0.417 e. The molecule has 0 aromatic heterocycles. The molecule has 1 aromatic rings. The van der Waals surface area contributed by atoms with Gasteiger partial charge >= 0.3 is 0 Å². The maximum absolute atomic E-state index is 12.9. The van der Waals surface area contributed by atoms with E-state index in [1.54, 1.807) is 24.3 Å². The molecule has 4 nitrogen and oxygen atoms in total. The summed E-state index contributed by atoms with van der Waals surface area (Å²) < 4.78 is 38.7. The molecule has 204 valence electrons. The summed E-state index contributed by atoms with van der Waals surface area (Å²) >= 11 is 0. The average molecular weight is 543 g/mol. The molecule has 0 radical (unpaired) electrons. The summed E-state index contributed by atoms with van der Waals surface area (Å²) in [5.74, 6) is 0.140. The fraction of sp³-hybridized carbons (Fsp3) is 0.786. The summed E-state index contributed by atoms with van der Waals surface area (Å²) in [4.78, 5) is 0.408. The molecule has 0 fully saturated rings. The Morgan fingerprint density at radius 3 is 1.80 bits per heavy atom. The Morgan fingerprint density at radius 1 is 0.743 bits per heavy atom. The molecular weight excluding hydrogens is 489 g/mol. The summed E-state index contributed by atoms with van der Waals surface area (Å²) in [7, 11) is -6.91. The van der Waals surface area contributed by atoms with Gasteiger partial charge < -0.3 is 8.85 Å². The molecule has 1 aromatic carbocycles. The van der Waals surface area contributed by atoms with Crippen LogP contribution in [0.2, 0.25) is 36.3 Å². The third-order valence-corrected chi connectivity index (χ3v) is 18.9. The highest BCUT2D eigenvalue weighted by Gasteiger charge is 2.39. The lowest BCUT2D eigenvalue weighted by atomic mass is 10.1. The van der Waals surface area contributed by atoms with Crippen LogP contribution in [0.3, 0.4) is 0 Å². The second kappa shape index (κ2) is 13.4. The largest absolute Gasteiger partial charge is 0.417 e. The molecule has 1 atom stereocenters. The quantitative estimate of drug-likeness (QED) is 0.164. The molecule has 0 amide bonds. The van der Waals surface area contributed by atoms with E-state index in [4.69, 9.17) is 8.85 Å². The number of unbranched alkanes of at least 4 members (excludes halogenated alkanes) is 4. The smallest absolute Gasteiger partial charge is 0.192 e. The van der Waals surface area contributed by atoms with Gasteiger partial charge in [0.1, 0.15) is 0 Å². The second-order valence-corrected chi connectivity index (χ2v) is 24.8. The van der Waals surface area contributed by atoms with Crippen molar-refractivity contribution in [1.82, 2.24) is 0 Å². The number of rotatable bonds is 15. The van der Waals surface area contributed by atoms with Crippen LogP contribution >= 0.6 is 0 Å². The zero-order valence-corrected chi connectivity index (χ0v) is 27.2. The Hall–Kier alpha value is -0.476. The molecule has 0 aliphatic heterocycles. The van der Waals surface area contributed by atoms with Crippen LogP contribution in [0.1, 0.15) is 86.5 Å². The van der Waals surface area contributed by atoms with Crippen molar-refractivity contribution >= 4 is 26.5 Å². The van der Waals surface area contributed by atoms with E-state index in [0.717, 1.165) is 32.3 Å². The zero-order chi connectivity index (χ0) is 27.0. The molecule has 7 heteroatoms. The summed E-state index contributed by atoms with van der Waals surface area (Å²) in [6.45, 7) is 23.6. The molecule has 0 aliphatic carbocycles. The molecule has 0 heterocycles. The van der Waals surface area contributed by atoms with Crippen LogP contribution in [0.4, 0.5) is 0 Å². The van der Waals surface area contributed by atoms with Crippen LogP contribution in [0, 0.1) is 0 Å². The summed E-state index contributed by atoms with van der Waals surface area (Å²) in [6.07, 6.45) is 7.21. The van der Waals surface area contributed by atoms with Crippen molar-refractivity contribution < 1.29 is 17.3 Å². The first-order valence-corrected chi connectivity index (χ1v) is 21.0. The molecule has 0 saturated heterocycles. The molecule has 0 spiro atoms. The van der Waals surface area contributed by atoms with Gasteiger partial charge in [-0.1, -0.05) is 85.4 Å². The topological polar surface area (TPSA) is 52.6 Å². The van der Waals surface area contributed by atoms with E-state index in [2.05, 4.69) is 67.7 Å². The predicted molar refractivity (Wildman–Crippen MR) is 156 cm³/mol. The molecule has 35 heavy (non-hydrogen) atoms. The van der Waals surface area contributed by atoms with Crippen molar-refractivity contribution in [1.29, 1.82) is 0 Å². The van der Waals surface area contributed by atoms with E-state index in [1.807, 2.05) is 6.07 Å². The normalized spacial score (nSPS) is 14.8. The van der Waals surface area contributed by atoms with Crippen LogP contribution < -0.4 is 0 Å². The first-order valence-electron chi connectivity index (χ1n) is 13.5. The molecule has 0 saturated carbocycles. The summed E-state index contributed by atoms with van der Waals surface area (Å²) in [5.41, 5.74) is 0.